The van der Waals surface area contributed by atoms with Crippen LogP contribution in [-0.2, 0) is 18.0 Å². The third kappa shape index (κ3) is 7.77. The Balaban J connectivity index is 1.10. The van der Waals surface area contributed by atoms with Crippen molar-refractivity contribution in [2.75, 3.05) is 26.2 Å². The summed E-state index contributed by atoms with van der Waals surface area (Å²) in [5, 5.41) is 9.46. The molecule has 2 unspecified atom stereocenters. The van der Waals surface area contributed by atoms with Gasteiger partial charge in [-0.25, -0.2) is 0 Å². The zero-order chi connectivity index (χ0) is 32.8. The van der Waals surface area contributed by atoms with Gasteiger partial charge in [-0.15, -0.1) is 0 Å². The lowest BCUT2D eigenvalue weighted by Gasteiger charge is -2.31. The lowest BCUT2D eigenvalue weighted by molar-refractivity contribution is -0.0391. The van der Waals surface area contributed by atoms with Crippen molar-refractivity contribution >= 4 is 17.9 Å². The Morgan fingerprint density at radius 1 is 0.936 bits per heavy atom. The standard InChI is InChI=1S/C38H38ClN3O5/c1-25-29(24-46-38-16-37(30(22-43)15-35(38)39)45-23-28-14-27(17-40)18-41-19-28)6-3-7-33(25)34-8-4-9-36(26(34)2)44-13-5-12-42-20-31-10-11-32(21-42)47-31/h3-4,6-9,14-16,18-19,22,31-32H,5,10-13,20-21,23-24H2,1-2H3. The molecule has 47 heavy (non-hydrogen) atoms. The Morgan fingerprint density at radius 2 is 1.68 bits per heavy atom. The Kier molecular flexibility index (Phi) is 10.4. The van der Waals surface area contributed by atoms with Crippen LogP contribution in [0.1, 0.15) is 57.4 Å². The van der Waals surface area contributed by atoms with Crippen LogP contribution >= 0.6 is 11.6 Å². The maximum Gasteiger partial charge on any atom is 0.153 e. The smallest absolute Gasteiger partial charge is 0.153 e. The highest BCUT2D eigenvalue weighted by atomic mass is 35.5. The van der Waals surface area contributed by atoms with E-state index in [1.54, 1.807) is 18.3 Å². The summed E-state index contributed by atoms with van der Waals surface area (Å²) in [7, 11) is 0. The number of carbonyl (C=O) groups excluding carboxylic acids is 1. The Bertz CT molecular complexity index is 1780. The first kappa shape index (κ1) is 32.5. The molecule has 2 bridgehead atoms. The molecule has 2 atom stereocenters. The molecule has 1 aromatic heterocycles. The predicted molar refractivity (Wildman–Crippen MR) is 180 cm³/mol. The molecule has 3 aromatic carbocycles. The van der Waals surface area contributed by atoms with Crippen LogP contribution in [0.3, 0.4) is 0 Å². The molecule has 2 aliphatic rings. The number of hydrogen-bond donors (Lipinski definition) is 0. The van der Waals surface area contributed by atoms with Crippen molar-refractivity contribution in [1.29, 1.82) is 5.26 Å². The number of hydrogen-bond acceptors (Lipinski definition) is 8. The minimum absolute atomic E-state index is 0.127. The van der Waals surface area contributed by atoms with Gasteiger partial charge >= 0.3 is 0 Å². The first-order valence-electron chi connectivity index (χ1n) is 16.0. The number of nitrogens with zero attached hydrogens (tertiary/aromatic N) is 3. The van der Waals surface area contributed by atoms with Crippen LogP contribution in [0.4, 0.5) is 0 Å². The second-order valence-corrected chi connectivity index (χ2v) is 12.6. The molecule has 0 amide bonds. The van der Waals surface area contributed by atoms with Crippen LogP contribution in [-0.4, -0.2) is 54.6 Å². The third-order valence-electron chi connectivity index (χ3n) is 8.91. The summed E-state index contributed by atoms with van der Waals surface area (Å²) in [5.74, 6) is 1.63. The van der Waals surface area contributed by atoms with Crippen molar-refractivity contribution in [3.63, 3.8) is 0 Å². The second kappa shape index (κ2) is 15.0. The van der Waals surface area contributed by atoms with E-state index >= 15 is 0 Å². The van der Waals surface area contributed by atoms with Gasteiger partial charge in [-0.3, -0.25) is 14.7 Å². The van der Waals surface area contributed by atoms with E-state index in [0.29, 0.717) is 58.3 Å². The summed E-state index contributed by atoms with van der Waals surface area (Å²) in [4.78, 5) is 18.3. The number of pyridine rings is 1. The summed E-state index contributed by atoms with van der Waals surface area (Å²) < 4.78 is 24.4. The van der Waals surface area contributed by atoms with Gasteiger partial charge in [-0.1, -0.05) is 41.9 Å². The number of morpholine rings is 1. The van der Waals surface area contributed by atoms with Crippen LogP contribution in [0.15, 0.2) is 67.0 Å². The van der Waals surface area contributed by atoms with Crippen LogP contribution in [0.2, 0.25) is 5.02 Å². The van der Waals surface area contributed by atoms with Crippen molar-refractivity contribution in [3.05, 3.63) is 105 Å². The zero-order valence-electron chi connectivity index (χ0n) is 26.7. The van der Waals surface area contributed by atoms with E-state index in [9.17, 15) is 4.79 Å². The number of nitriles is 1. The zero-order valence-corrected chi connectivity index (χ0v) is 27.5. The fourth-order valence-electron chi connectivity index (χ4n) is 6.37. The van der Waals surface area contributed by atoms with E-state index in [0.717, 1.165) is 59.6 Å². The van der Waals surface area contributed by atoms with Crippen LogP contribution in [0.5, 0.6) is 17.2 Å². The van der Waals surface area contributed by atoms with Crippen LogP contribution in [0.25, 0.3) is 11.1 Å². The molecule has 9 heteroatoms. The van der Waals surface area contributed by atoms with Gasteiger partial charge < -0.3 is 18.9 Å². The number of rotatable bonds is 13. The number of aromatic nitrogens is 1. The molecule has 0 radical (unpaired) electrons. The van der Waals surface area contributed by atoms with Crippen molar-refractivity contribution in [2.45, 2.75) is 58.5 Å². The molecule has 242 valence electrons. The molecule has 6 rings (SSSR count). The molecule has 0 aliphatic carbocycles. The molecular weight excluding hydrogens is 614 g/mol. The van der Waals surface area contributed by atoms with E-state index in [1.807, 2.05) is 24.3 Å². The Morgan fingerprint density at radius 3 is 2.45 bits per heavy atom. The molecule has 2 aliphatic heterocycles. The minimum atomic E-state index is 0.127. The molecule has 0 N–H and O–H groups in total. The van der Waals surface area contributed by atoms with E-state index in [-0.39, 0.29) is 13.2 Å². The third-order valence-corrected chi connectivity index (χ3v) is 9.20. The van der Waals surface area contributed by atoms with E-state index in [1.165, 1.54) is 25.1 Å². The van der Waals surface area contributed by atoms with Crippen molar-refractivity contribution in [2.24, 2.45) is 0 Å². The lowest BCUT2D eigenvalue weighted by atomic mass is 9.93. The number of ether oxygens (including phenoxy) is 4. The molecular formula is C38H38ClN3O5. The highest BCUT2D eigenvalue weighted by Gasteiger charge is 2.33. The minimum Gasteiger partial charge on any atom is -0.493 e. The van der Waals surface area contributed by atoms with Gasteiger partial charge in [0.05, 0.1) is 35.0 Å². The largest absolute Gasteiger partial charge is 0.493 e. The topological polar surface area (TPSA) is 93.9 Å². The predicted octanol–water partition coefficient (Wildman–Crippen LogP) is 7.49. The highest BCUT2D eigenvalue weighted by molar-refractivity contribution is 6.32. The van der Waals surface area contributed by atoms with Crippen molar-refractivity contribution < 1.29 is 23.7 Å². The van der Waals surface area contributed by atoms with E-state index in [4.69, 9.17) is 35.8 Å². The number of fused-ring (bicyclic) bond motifs is 2. The average molecular weight is 652 g/mol. The summed E-state index contributed by atoms with van der Waals surface area (Å²) in [6.45, 7) is 8.36. The van der Waals surface area contributed by atoms with E-state index in [2.05, 4.69) is 41.9 Å². The number of benzene rings is 3. The van der Waals surface area contributed by atoms with Gasteiger partial charge in [0.2, 0.25) is 0 Å². The summed E-state index contributed by atoms with van der Waals surface area (Å²) >= 11 is 6.51. The van der Waals surface area contributed by atoms with E-state index < -0.39 is 0 Å². The number of likely N-dealkylation sites (tertiary alicyclic amines) is 1. The number of carbonyl (C=O) groups is 1. The Hall–Kier alpha value is -4.42. The van der Waals surface area contributed by atoms with Crippen molar-refractivity contribution in [1.82, 2.24) is 9.88 Å². The van der Waals surface area contributed by atoms with Gasteiger partial charge in [-0.2, -0.15) is 5.26 Å². The summed E-state index contributed by atoms with van der Waals surface area (Å²) in [6, 6.07) is 19.3. The quantitative estimate of drug-likeness (QED) is 0.108. The molecule has 3 heterocycles. The first-order valence-corrected chi connectivity index (χ1v) is 16.4. The van der Waals surface area contributed by atoms with Crippen molar-refractivity contribution in [3.8, 4) is 34.4 Å². The SMILES string of the molecule is Cc1c(COc2cc(OCc3cncc(C#N)c3)c(C=O)cc2Cl)cccc1-c1cccc(OCCCN2CC3CCC(C2)O3)c1C. The molecule has 0 spiro atoms. The fourth-order valence-corrected chi connectivity index (χ4v) is 6.59. The average Bonchev–Trinajstić information content (AvgIpc) is 3.43. The molecule has 4 aromatic rings. The van der Waals surface area contributed by atoms with Gasteiger partial charge in [0, 0.05) is 43.7 Å². The number of halogens is 1. The van der Waals surface area contributed by atoms with Gasteiger partial charge in [0.15, 0.2) is 6.29 Å². The number of aldehydes is 1. The lowest BCUT2D eigenvalue weighted by Crippen LogP contribution is -2.43. The normalized spacial score (nSPS) is 17.2. The maximum atomic E-state index is 11.8. The monoisotopic (exact) mass is 651 g/mol. The van der Waals surface area contributed by atoms with Gasteiger partial charge in [0.25, 0.3) is 0 Å². The molecule has 0 saturated carbocycles. The first-order chi connectivity index (χ1) is 22.9. The van der Waals surface area contributed by atoms with Crippen LogP contribution in [0, 0.1) is 25.2 Å². The van der Waals surface area contributed by atoms with Gasteiger partial charge in [-0.05, 0) is 79.1 Å². The molecule has 2 saturated heterocycles. The highest BCUT2D eigenvalue weighted by Crippen LogP contribution is 2.36. The summed E-state index contributed by atoms with van der Waals surface area (Å²) in [5.41, 5.74) is 6.86. The van der Waals surface area contributed by atoms with Crippen LogP contribution < -0.4 is 14.2 Å². The molecule has 2 fully saturated rings. The van der Waals surface area contributed by atoms with Gasteiger partial charge in [0.1, 0.15) is 36.5 Å². The fraction of sp³-hybridized carbons (Fsp3) is 0.342. The molecule has 8 nitrogen and oxygen atoms in total. The Labute approximate surface area is 280 Å². The summed E-state index contributed by atoms with van der Waals surface area (Å²) in [6.07, 6.45) is 7.96. The maximum absolute atomic E-state index is 11.8. The second-order valence-electron chi connectivity index (χ2n) is 12.1.